The lowest BCUT2D eigenvalue weighted by atomic mass is 10.2. The van der Waals surface area contributed by atoms with Crippen LogP contribution in [-0.4, -0.2) is 11.1 Å². The fourth-order valence-corrected chi connectivity index (χ4v) is 1.85. The molecule has 0 unspecified atom stereocenters. The van der Waals surface area contributed by atoms with E-state index in [0.717, 1.165) is 18.2 Å². The molecule has 21 heavy (non-hydrogen) atoms. The van der Waals surface area contributed by atoms with E-state index in [9.17, 15) is 18.0 Å². The summed E-state index contributed by atoms with van der Waals surface area (Å²) in [5.41, 5.74) is -1.14. The Morgan fingerprint density at radius 3 is 2.43 bits per heavy atom. The van der Waals surface area contributed by atoms with E-state index in [0.29, 0.717) is 0 Å². The first-order valence-electron chi connectivity index (χ1n) is 5.66. The third-order valence-electron chi connectivity index (χ3n) is 2.58. The summed E-state index contributed by atoms with van der Waals surface area (Å²) < 4.78 is 43.1. The highest BCUT2D eigenvalue weighted by atomic mass is 35.5. The van der Waals surface area contributed by atoms with Gasteiger partial charge < -0.3 is 9.84 Å². The molecule has 2 aromatic carbocycles. The van der Waals surface area contributed by atoms with Crippen molar-refractivity contribution in [2.45, 2.75) is 6.18 Å². The molecule has 7 heteroatoms. The smallest absolute Gasteiger partial charge is 0.416 e. The van der Waals surface area contributed by atoms with Gasteiger partial charge in [0.25, 0.3) is 0 Å². The first-order chi connectivity index (χ1) is 9.79. The summed E-state index contributed by atoms with van der Waals surface area (Å²) in [6.45, 7) is 0. The van der Waals surface area contributed by atoms with Crippen LogP contribution in [0.25, 0.3) is 0 Å². The number of benzene rings is 2. The largest absolute Gasteiger partial charge is 0.478 e. The molecule has 1 N–H and O–H groups in total. The van der Waals surface area contributed by atoms with Crippen molar-refractivity contribution in [3.8, 4) is 11.5 Å². The molecule has 0 radical (unpaired) electrons. The number of ether oxygens (including phenoxy) is 1. The molecule has 0 heterocycles. The average molecular weight is 317 g/mol. The summed E-state index contributed by atoms with van der Waals surface area (Å²) in [6.07, 6.45) is -4.52. The summed E-state index contributed by atoms with van der Waals surface area (Å²) in [5, 5.41) is 9.03. The first kappa shape index (κ1) is 15.2. The predicted molar refractivity (Wildman–Crippen MR) is 69.9 cm³/mol. The Morgan fingerprint density at radius 2 is 1.81 bits per heavy atom. The maximum atomic E-state index is 12.6. The number of hydrogen-bond acceptors (Lipinski definition) is 2. The monoisotopic (exact) mass is 316 g/mol. The number of carboxylic acids is 1. The van der Waals surface area contributed by atoms with Crippen LogP contribution < -0.4 is 4.74 Å². The van der Waals surface area contributed by atoms with Gasteiger partial charge in [-0.3, -0.25) is 0 Å². The number of alkyl halides is 3. The number of carboxylic acid groups (broad SMARTS) is 1. The summed E-state index contributed by atoms with van der Waals surface area (Å²) in [5.74, 6) is -1.65. The van der Waals surface area contributed by atoms with Gasteiger partial charge in [-0.2, -0.15) is 13.2 Å². The molecule has 0 saturated heterocycles. The highest BCUT2D eigenvalue weighted by Crippen LogP contribution is 2.36. The fourth-order valence-electron chi connectivity index (χ4n) is 1.63. The Labute approximate surface area is 122 Å². The van der Waals surface area contributed by atoms with Gasteiger partial charge in [0.1, 0.15) is 11.3 Å². The van der Waals surface area contributed by atoms with E-state index >= 15 is 0 Å². The molecule has 0 spiro atoms. The second-order valence-corrected chi connectivity index (χ2v) is 4.46. The molecule has 0 saturated carbocycles. The number of carbonyl (C=O) groups is 1. The van der Waals surface area contributed by atoms with Crippen molar-refractivity contribution in [2.24, 2.45) is 0 Å². The van der Waals surface area contributed by atoms with Crippen LogP contribution in [-0.2, 0) is 6.18 Å². The molecule has 0 fully saturated rings. The lowest BCUT2D eigenvalue weighted by Crippen LogP contribution is -2.05. The molecule has 2 rings (SSSR count). The summed E-state index contributed by atoms with van der Waals surface area (Å²) >= 11 is 5.84. The van der Waals surface area contributed by atoms with E-state index in [-0.39, 0.29) is 22.1 Å². The number of hydrogen-bond donors (Lipinski definition) is 1. The van der Waals surface area contributed by atoms with Gasteiger partial charge in [0.2, 0.25) is 0 Å². The van der Waals surface area contributed by atoms with Gasteiger partial charge in [-0.15, -0.1) is 0 Å². The van der Waals surface area contributed by atoms with Crippen LogP contribution in [0.2, 0.25) is 5.02 Å². The lowest BCUT2D eigenvalue weighted by Gasteiger charge is -2.12. The molecule has 0 atom stereocenters. The molecule has 0 amide bonds. The highest BCUT2D eigenvalue weighted by Gasteiger charge is 2.30. The van der Waals surface area contributed by atoms with Crippen LogP contribution >= 0.6 is 11.6 Å². The molecular formula is C14H8ClF3O3. The van der Waals surface area contributed by atoms with Gasteiger partial charge in [-0.05, 0) is 30.3 Å². The highest BCUT2D eigenvalue weighted by molar-refractivity contribution is 6.32. The Hall–Kier alpha value is -2.21. The quantitative estimate of drug-likeness (QED) is 0.880. The second kappa shape index (κ2) is 5.65. The average Bonchev–Trinajstić information content (AvgIpc) is 2.40. The molecule has 0 aliphatic rings. The number of aromatic carboxylic acids is 1. The number of rotatable bonds is 3. The van der Waals surface area contributed by atoms with E-state index in [1.165, 1.54) is 24.3 Å². The Bertz CT molecular complexity index is 683. The number of halogens is 4. The lowest BCUT2D eigenvalue weighted by molar-refractivity contribution is -0.137. The van der Waals surface area contributed by atoms with E-state index in [1.807, 2.05) is 0 Å². The van der Waals surface area contributed by atoms with Crippen LogP contribution in [0.15, 0.2) is 42.5 Å². The molecule has 0 aromatic heterocycles. The van der Waals surface area contributed by atoms with Gasteiger partial charge in [0.05, 0.1) is 10.6 Å². The van der Waals surface area contributed by atoms with E-state index < -0.39 is 17.7 Å². The zero-order chi connectivity index (χ0) is 15.6. The van der Waals surface area contributed by atoms with Gasteiger partial charge in [0, 0.05) is 0 Å². The van der Waals surface area contributed by atoms with Crippen LogP contribution in [0.5, 0.6) is 11.5 Å². The Kier molecular flexibility index (Phi) is 4.09. The number of para-hydroxylation sites is 1. The molecule has 0 aliphatic heterocycles. The molecule has 0 bridgehead atoms. The van der Waals surface area contributed by atoms with Gasteiger partial charge >= 0.3 is 12.1 Å². The zero-order valence-corrected chi connectivity index (χ0v) is 11.1. The van der Waals surface area contributed by atoms with Crippen LogP contribution in [0.3, 0.4) is 0 Å². The fraction of sp³-hybridized carbons (Fsp3) is 0.0714. The van der Waals surface area contributed by atoms with Crippen molar-refractivity contribution in [3.63, 3.8) is 0 Å². The van der Waals surface area contributed by atoms with Crippen molar-refractivity contribution in [1.82, 2.24) is 0 Å². The van der Waals surface area contributed by atoms with E-state index in [4.69, 9.17) is 21.4 Å². The summed E-state index contributed by atoms with van der Waals surface area (Å²) in [7, 11) is 0. The van der Waals surface area contributed by atoms with Gasteiger partial charge in [-0.1, -0.05) is 23.7 Å². The van der Waals surface area contributed by atoms with Gasteiger partial charge in [0.15, 0.2) is 5.75 Å². The van der Waals surface area contributed by atoms with Crippen molar-refractivity contribution >= 4 is 17.6 Å². The Morgan fingerprint density at radius 1 is 1.14 bits per heavy atom. The third-order valence-corrected chi connectivity index (χ3v) is 2.88. The minimum Gasteiger partial charge on any atom is -0.478 e. The van der Waals surface area contributed by atoms with Crippen LogP contribution in [0, 0.1) is 0 Å². The van der Waals surface area contributed by atoms with E-state index in [1.54, 1.807) is 0 Å². The van der Waals surface area contributed by atoms with Crippen LogP contribution in [0.4, 0.5) is 13.2 Å². The molecular weight excluding hydrogens is 309 g/mol. The predicted octanol–water partition coefficient (Wildman–Crippen LogP) is 4.85. The minimum atomic E-state index is -4.52. The van der Waals surface area contributed by atoms with Crippen molar-refractivity contribution in [1.29, 1.82) is 0 Å². The summed E-state index contributed by atoms with van der Waals surface area (Å²) in [6, 6.07) is 8.14. The second-order valence-electron chi connectivity index (χ2n) is 4.05. The van der Waals surface area contributed by atoms with Gasteiger partial charge in [-0.25, -0.2) is 4.79 Å². The zero-order valence-electron chi connectivity index (χ0n) is 10.3. The van der Waals surface area contributed by atoms with Crippen molar-refractivity contribution in [3.05, 3.63) is 58.6 Å². The molecule has 2 aromatic rings. The minimum absolute atomic E-state index is 0.00712. The molecule has 3 nitrogen and oxygen atoms in total. The summed E-state index contributed by atoms with van der Waals surface area (Å²) in [4.78, 5) is 11.1. The first-order valence-corrected chi connectivity index (χ1v) is 6.04. The SMILES string of the molecule is O=C(O)c1cccc(Cl)c1Oc1cccc(C(F)(F)F)c1. The van der Waals surface area contributed by atoms with E-state index in [2.05, 4.69) is 0 Å². The molecule has 0 aliphatic carbocycles. The molecule has 110 valence electrons. The maximum Gasteiger partial charge on any atom is 0.416 e. The third kappa shape index (κ3) is 3.46. The van der Waals surface area contributed by atoms with Crippen LogP contribution in [0.1, 0.15) is 15.9 Å². The normalized spacial score (nSPS) is 11.2. The Balaban J connectivity index is 2.42. The maximum absolute atomic E-state index is 12.6. The standard InChI is InChI=1S/C14H8ClF3O3/c15-11-6-2-5-10(13(19)20)12(11)21-9-4-1-3-8(7-9)14(16,17)18/h1-7H,(H,19,20). The van der Waals surface area contributed by atoms with Crippen molar-refractivity contribution < 1.29 is 27.8 Å². The topological polar surface area (TPSA) is 46.5 Å². The van der Waals surface area contributed by atoms with Crippen molar-refractivity contribution in [2.75, 3.05) is 0 Å².